The summed E-state index contributed by atoms with van der Waals surface area (Å²) in [5.74, 6) is 0.501. The first kappa shape index (κ1) is 10.1. The number of likely N-dealkylation sites (tertiary alicyclic amines) is 1. The van der Waals surface area contributed by atoms with E-state index in [1.165, 1.54) is 18.9 Å². The zero-order valence-electron chi connectivity index (χ0n) is 9.19. The third-order valence-electron chi connectivity index (χ3n) is 2.92. The van der Waals surface area contributed by atoms with Crippen molar-refractivity contribution in [2.24, 2.45) is 5.92 Å². The van der Waals surface area contributed by atoms with Gasteiger partial charge < -0.3 is 9.32 Å². The Kier molecular flexibility index (Phi) is 2.40. The Labute approximate surface area is 97.8 Å². The summed E-state index contributed by atoms with van der Waals surface area (Å²) >= 11 is 0. The van der Waals surface area contributed by atoms with Gasteiger partial charge in [0.2, 0.25) is 0 Å². The highest BCUT2D eigenvalue weighted by Crippen LogP contribution is 2.20. The van der Waals surface area contributed by atoms with E-state index in [1.807, 2.05) is 4.90 Å². The molecule has 1 amide bonds. The van der Waals surface area contributed by atoms with Gasteiger partial charge in [0.25, 0.3) is 5.91 Å². The van der Waals surface area contributed by atoms with Crippen LogP contribution < -0.4 is 0 Å². The number of nitrogens with zero attached hydrogens (tertiary/aromatic N) is 4. The average Bonchev–Trinajstić information content (AvgIpc) is 2.94. The van der Waals surface area contributed by atoms with Crippen molar-refractivity contribution in [3.8, 4) is 0 Å². The van der Waals surface area contributed by atoms with E-state index in [0.717, 1.165) is 19.6 Å². The highest BCUT2D eigenvalue weighted by atomic mass is 16.3. The molecule has 88 valence electrons. The van der Waals surface area contributed by atoms with Crippen LogP contribution in [-0.2, 0) is 6.54 Å². The summed E-state index contributed by atoms with van der Waals surface area (Å²) in [6.45, 7) is 2.35. The van der Waals surface area contributed by atoms with Crippen molar-refractivity contribution in [2.45, 2.75) is 6.54 Å². The number of rotatable bonds is 3. The molecule has 6 nitrogen and oxygen atoms in total. The van der Waals surface area contributed by atoms with E-state index in [9.17, 15) is 4.79 Å². The minimum atomic E-state index is 0.0357. The van der Waals surface area contributed by atoms with Gasteiger partial charge in [0.15, 0.2) is 0 Å². The maximum atomic E-state index is 11.9. The first-order chi connectivity index (χ1) is 8.33. The average molecular weight is 232 g/mol. The number of hydrogen-bond acceptors (Lipinski definition) is 4. The van der Waals surface area contributed by atoms with Crippen molar-refractivity contribution in [1.82, 2.24) is 19.7 Å². The van der Waals surface area contributed by atoms with Crippen LogP contribution in [-0.4, -0.2) is 38.7 Å². The topological polar surface area (TPSA) is 64.2 Å². The predicted molar refractivity (Wildman–Crippen MR) is 58.1 cm³/mol. The molecule has 0 unspecified atom stereocenters. The van der Waals surface area contributed by atoms with Gasteiger partial charge in [0.1, 0.15) is 18.9 Å². The Morgan fingerprint density at radius 3 is 3.06 bits per heavy atom. The summed E-state index contributed by atoms with van der Waals surface area (Å²) < 4.78 is 6.69. The Morgan fingerprint density at radius 1 is 1.53 bits per heavy atom. The molecule has 0 N–H and O–H groups in total. The molecule has 0 bridgehead atoms. The molecule has 3 heterocycles. The van der Waals surface area contributed by atoms with E-state index < -0.39 is 0 Å². The molecule has 1 aliphatic heterocycles. The van der Waals surface area contributed by atoms with Gasteiger partial charge in [0.05, 0.1) is 11.8 Å². The van der Waals surface area contributed by atoms with Crippen LogP contribution in [0.5, 0.6) is 0 Å². The summed E-state index contributed by atoms with van der Waals surface area (Å²) in [6, 6.07) is 1.69. The molecule has 0 spiro atoms. The van der Waals surface area contributed by atoms with Crippen molar-refractivity contribution in [1.29, 1.82) is 0 Å². The number of carbonyl (C=O) groups is 1. The Hall–Kier alpha value is -2.11. The number of carbonyl (C=O) groups excluding carboxylic acids is 1. The van der Waals surface area contributed by atoms with Gasteiger partial charge in [-0.05, 0) is 6.07 Å². The molecular weight excluding hydrogens is 220 g/mol. The quantitative estimate of drug-likeness (QED) is 0.779. The summed E-state index contributed by atoms with van der Waals surface area (Å²) in [5.41, 5.74) is 0.615. The monoisotopic (exact) mass is 232 g/mol. The minimum absolute atomic E-state index is 0.0357. The third-order valence-corrected chi connectivity index (χ3v) is 2.92. The van der Waals surface area contributed by atoms with Crippen molar-refractivity contribution in [3.63, 3.8) is 0 Å². The SMILES string of the molecule is O=C(c1ccoc1)N1CC(Cn2cncn2)C1. The largest absolute Gasteiger partial charge is 0.472 e. The standard InChI is InChI=1S/C11H12N4O2/c16-11(10-1-2-17-6-10)14-3-9(4-14)5-15-8-12-7-13-15/h1-2,6-9H,3-5H2. The summed E-state index contributed by atoms with van der Waals surface area (Å²) in [6.07, 6.45) is 6.21. The highest BCUT2D eigenvalue weighted by molar-refractivity contribution is 5.94. The number of hydrogen-bond donors (Lipinski definition) is 0. The zero-order valence-corrected chi connectivity index (χ0v) is 9.19. The van der Waals surface area contributed by atoms with E-state index in [2.05, 4.69) is 10.1 Å². The smallest absolute Gasteiger partial charge is 0.257 e. The molecule has 1 fully saturated rings. The van der Waals surface area contributed by atoms with Crippen molar-refractivity contribution in [3.05, 3.63) is 36.8 Å². The third kappa shape index (κ3) is 1.93. The van der Waals surface area contributed by atoms with Crippen molar-refractivity contribution < 1.29 is 9.21 Å². The number of aromatic nitrogens is 3. The van der Waals surface area contributed by atoms with Gasteiger partial charge in [-0.1, -0.05) is 0 Å². The molecule has 0 atom stereocenters. The summed E-state index contributed by atoms with van der Waals surface area (Å²) in [5, 5.41) is 4.04. The second kappa shape index (κ2) is 4.04. The lowest BCUT2D eigenvalue weighted by molar-refractivity contribution is 0.0460. The van der Waals surface area contributed by atoms with Gasteiger partial charge in [-0.15, -0.1) is 0 Å². The molecule has 0 radical (unpaired) electrons. The molecule has 3 rings (SSSR count). The van der Waals surface area contributed by atoms with Gasteiger partial charge in [-0.3, -0.25) is 9.48 Å². The fourth-order valence-corrected chi connectivity index (χ4v) is 2.01. The lowest BCUT2D eigenvalue weighted by atomic mass is 9.99. The molecule has 0 saturated carbocycles. The first-order valence-corrected chi connectivity index (χ1v) is 5.47. The molecular formula is C11H12N4O2. The van der Waals surface area contributed by atoms with Gasteiger partial charge in [-0.25, -0.2) is 4.98 Å². The molecule has 17 heavy (non-hydrogen) atoms. The number of furan rings is 1. The minimum Gasteiger partial charge on any atom is -0.472 e. The summed E-state index contributed by atoms with van der Waals surface area (Å²) in [7, 11) is 0. The maximum absolute atomic E-state index is 11.9. The first-order valence-electron chi connectivity index (χ1n) is 5.47. The number of amides is 1. The second-order valence-electron chi connectivity index (χ2n) is 4.21. The van der Waals surface area contributed by atoms with Crippen molar-refractivity contribution in [2.75, 3.05) is 13.1 Å². The highest BCUT2D eigenvalue weighted by Gasteiger charge is 2.31. The molecule has 6 heteroatoms. The van der Waals surface area contributed by atoms with Crippen LogP contribution in [0.1, 0.15) is 10.4 Å². The summed E-state index contributed by atoms with van der Waals surface area (Å²) in [4.78, 5) is 17.6. The predicted octanol–water partition coefficient (Wildman–Crippen LogP) is 0.643. The van der Waals surface area contributed by atoms with Crippen LogP contribution in [0, 0.1) is 5.92 Å². The van der Waals surface area contributed by atoms with E-state index in [4.69, 9.17) is 4.42 Å². The van der Waals surface area contributed by atoms with Crippen molar-refractivity contribution >= 4 is 5.91 Å². The van der Waals surface area contributed by atoms with E-state index in [0.29, 0.717) is 11.5 Å². The van der Waals surface area contributed by atoms with Crippen LogP contribution in [0.25, 0.3) is 0 Å². The van der Waals surface area contributed by atoms with Gasteiger partial charge in [-0.2, -0.15) is 5.10 Å². The maximum Gasteiger partial charge on any atom is 0.257 e. The fraction of sp³-hybridized carbons (Fsp3) is 0.364. The molecule has 2 aromatic rings. The Balaban J connectivity index is 1.53. The molecule has 1 saturated heterocycles. The second-order valence-corrected chi connectivity index (χ2v) is 4.21. The normalized spacial score (nSPS) is 15.9. The molecule has 0 aromatic carbocycles. The lowest BCUT2D eigenvalue weighted by Crippen LogP contribution is -2.51. The van der Waals surface area contributed by atoms with Crippen LogP contribution in [0.2, 0.25) is 0 Å². The van der Waals surface area contributed by atoms with E-state index in [-0.39, 0.29) is 5.91 Å². The van der Waals surface area contributed by atoms with Crippen LogP contribution >= 0.6 is 0 Å². The molecule has 2 aromatic heterocycles. The fourth-order valence-electron chi connectivity index (χ4n) is 2.01. The van der Waals surface area contributed by atoms with Crippen LogP contribution in [0.4, 0.5) is 0 Å². The lowest BCUT2D eigenvalue weighted by Gasteiger charge is -2.38. The Bertz CT molecular complexity index is 486. The van der Waals surface area contributed by atoms with Crippen LogP contribution in [0.3, 0.4) is 0 Å². The van der Waals surface area contributed by atoms with E-state index in [1.54, 1.807) is 17.1 Å². The van der Waals surface area contributed by atoms with Gasteiger partial charge >= 0.3 is 0 Å². The Morgan fingerprint density at radius 2 is 2.41 bits per heavy atom. The molecule has 1 aliphatic rings. The zero-order chi connectivity index (χ0) is 11.7. The van der Waals surface area contributed by atoms with Crippen LogP contribution in [0.15, 0.2) is 35.7 Å². The van der Waals surface area contributed by atoms with Gasteiger partial charge in [0, 0.05) is 25.6 Å². The van der Waals surface area contributed by atoms with E-state index >= 15 is 0 Å². The molecule has 0 aliphatic carbocycles.